The van der Waals surface area contributed by atoms with Gasteiger partial charge in [-0.05, 0) is 50.0 Å². The summed E-state index contributed by atoms with van der Waals surface area (Å²) in [5.41, 5.74) is 12.8. The van der Waals surface area contributed by atoms with Gasteiger partial charge < -0.3 is 26.8 Å². The zero-order chi connectivity index (χ0) is 26.3. The van der Waals surface area contributed by atoms with Crippen molar-refractivity contribution in [3.8, 4) is 5.75 Å². The molecule has 1 aliphatic rings. The molecule has 2 aromatic rings. The first-order valence-electron chi connectivity index (χ1n) is 12.3. The van der Waals surface area contributed by atoms with E-state index in [0.29, 0.717) is 42.8 Å². The van der Waals surface area contributed by atoms with Gasteiger partial charge in [0.25, 0.3) is 0 Å². The van der Waals surface area contributed by atoms with Gasteiger partial charge in [0.15, 0.2) is 5.96 Å². The lowest BCUT2D eigenvalue weighted by atomic mass is 10.2. The Labute approximate surface area is 225 Å². The Bertz CT molecular complexity index is 1060. The largest absolute Gasteiger partial charge is 0.494 e. The van der Waals surface area contributed by atoms with Gasteiger partial charge in [-0.1, -0.05) is 12.1 Å². The summed E-state index contributed by atoms with van der Waals surface area (Å²) in [5.74, 6) is 1.62. The average molecular weight is 546 g/mol. The lowest BCUT2D eigenvalue weighted by Gasteiger charge is -2.15. The fourth-order valence-electron chi connectivity index (χ4n) is 3.62. The smallest absolute Gasteiger partial charge is 0.244 e. The summed E-state index contributed by atoms with van der Waals surface area (Å²) in [6.07, 6.45) is 5.71. The van der Waals surface area contributed by atoms with Crippen molar-refractivity contribution in [2.24, 2.45) is 16.5 Å². The van der Waals surface area contributed by atoms with Crippen LogP contribution in [0.2, 0.25) is 0 Å². The summed E-state index contributed by atoms with van der Waals surface area (Å²) in [6.45, 7) is 4.75. The Morgan fingerprint density at radius 3 is 2.68 bits per heavy atom. The predicted octanol–water partition coefficient (Wildman–Crippen LogP) is 2.13. The Morgan fingerprint density at radius 1 is 1.16 bits per heavy atom. The van der Waals surface area contributed by atoms with E-state index in [-0.39, 0.29) is 17.8 Å². The number of guanidine groups is 1. The fraction of sp³-hybridized carbons (Fsp3) is 0.440. The van der Waals surface area contributed by atoms with E-state index in [0.717, 1.165) is 31.1 Å². The molecule has 6 N–H and O–H groups in total. The van der Waals surface area contributed by atoms with E-state index in [4.69, 9.17) is 16.2 Å². The number of nitrogens with two attached hydrogens (primary N) is 2. The van der Waals surface area contributed by atoms with Crippen LogP contribution in [0.25, 0.3) is 0 Å². The number of ether oxygens (including phenoxy) is 1. The molecule has 3 rings (SSSR count). The van der Waals surface area contributed by atoms with Crippen LogP contribution in [0.5, 0.6) is 5.75 Å². The van der Waals surface area contributed by atoms with E-state index in [1.807, 2.05) is 17.5 Å². The van der Waals surface area contributed by atoms with Gasteiger partial charge in [-0.2, -0.15) is 16.8 Å². The quantitative estimate of drug-likeness (QED) is 0.115. The highest BCUT2D eigenvalue weighted by Crippen LogP contribution is 2.21. The molecule has 37 heavy (non-hydrogen) atoms. The maximum Gasteiger partial charge on any atom is 0.244 e. The molecule has 0 atom stereocenters. The summed E-state index contributed by atoms with van der Waals surface area (Å²) >= 11 is 3.00. The van der Waals surface area contributed by atoms with Crippen molar-refractivity contribution in [3.63, 3.8) is 0 Å². The molecule has 0 radical (unpaired) electrons. The number of hydrogen-bond donors (Lipinski definition) is 4. The van der Waals surface area contributed by atoms with E-state index in [1.54, 1.807) is 11.8 Å². The molecule has 0 saturated carbocycles. The molecule has 2 heterocycles. The number of nitrogens with one attached hydrogen (secondary N) is 2. The van der Waals surface area contributed by atoms with E-state index >= 15 is 0 Å². The van der Waals surface area contributed by atoms with Crippen molar-refractivity contribution in [2.45, 2.75) is 31.6 Å². The summed E-state index contributed by atoms with van der Waals surface area (Å²) in [7, 11) is 0. The first kappa shape index (κ1) is 28.5. The molecule has 0 unspecified atom stereocenters. The van der Waals surface area contributed by atoms with Crippen molar-refractivity contribution in [1.29, 1.82) is 0 Å². The van der Waals surface area contributed by atoms with E-state index in [1.165, 1.54) is 41.9 Å². The highest BCUT2D eigenvalue weighted by atomic mass is 32.2. The second-order valence-corrected chi connectivity index (χ2v) is 10.4. The minimum absolute atomic E-state index is 0.0170. The number of thiazole rings is 1. The van der Waals surface area contributed by atoms with Gasteiger partial charge in [-0.3, -0.25) is 14.5 Å². The number of likely N-dealkylation sites (tertiary alicyclic amines) is 1. The van der Waals surface area contributed by atoms with Crippen LogP contribution in [-0.4, -0.2) is 66.2 Å². The highest BCUT2D eigenvalue weighted by molar-refractivity contribution is 7.98. The maximum atomic E-state index is 11.9. The first-order valence-corrected chi connectivity index (χ1v) is 14.3. The summed E-state index contributed by atoms with van der Waals surface area (Å²) < 4.78 is 5.83. The number of thioether (sulfide) groups is 1. The Balaban J connectivity index is 1.21. The lowest BCUT2D eigenvalue weighted by Crippen LogP contribution is -2.26. The molecule has 0 bridgehead atoms. The van der Waals surface area contributed by atoms with Gasteiger partial charge in [-0.15, -0.1) is 11.3 Å². The number of aromatic nitrogens is 1. The molecule has 1 aromatic carbocycles. The lowest BCUT2D eigenvalue weighted by molar-refractivity contribution is -0.118. The number of benzene rings is 1. The van der Waals surface area contributed by atoms with E-state index < -0.39 is 0 Å². The van der Waals surface area contributed by atoms with Crippen LogP contribution in [0.15, 0.2) is 46.8 Å². The third-order valence-corrected chi connectivity index (χ3v) is 7.11. The number of nitrogens with zero attached hydrogens (tertiary/aromatic N) is 3. The van der Waals surface area contributed by atoms with Crippen molar-refractivity contribution in [1.82, 2.24) is 20.5 Å². The number of amides is 2. The summed E-state index contributed by atoms with van der Waals surface area (Å²) in [4.78, 5) is 34.5. The van der Waals surface area contributed by atoms with Gasteiger partial charge in [0.2, 0.25) is 16.9 Å². The monoisotopic (exact) mass is 545 g/mol. The van der Waals surface area contributed by atoms with Gasteiger partial charge in [-0.25, -0.2) is 4.98 Å². The molecular weight excluding hydrogens is 510 g/mol. The molecule has 1 saturated heterocycles. The zero-order valence-corrected chi connectivity index (χ0v) is 22.5. The normalized spacial score (nSPS) is 13.5. The molecule has 1 aromatic heterocycles. The topological polar surface area (TPSA) is 148 Å². The molecule has 2 amide bonds. The predicted molar refractivity (Wildman–Crippen MR) is 150 cm³/mol. The molecular formula is C25H35N7O3S2. The Morgan fingerprint density at radius 2 is 1.92 bits per heavy atom. The van der Waals surface area contributed by atoms with Crippen molar-refractivity contribution >= 4 is 46.0 Å². The van der Waals surface area contributed by atoms with E-state index in [2.05, 4.69) is 37.6 Å². The van der Waals surface area contributed by atoms with Crippen LogP contribution < -0.4 is 26.8 Å². The van der Waals surface area contributed by atoms with Crippen LogP contribution in [0, 0.1) is 0 Å². The number of carbonyl (C=O) groups is 2. The maximum absolute atomic E-state index is 11.9. The second kappa shape index (κ2) is 15.9. The van der Waals surface area contributed by atoms with Crippen molar-refractivity contribution in [2.75, 3.05) is 38.5 Å². The molecule has 0 aliphatic carbocycles. The fourth-order valence-corrected chi connectivity index (χ4v) is 5.18. The van der Waals surface area contributed by atoms with Gasteiger partial charge in [0.1, 0.15) is 5.75 Å². The second-order valence-electron chi connectivity index (χ2n) is 8.46. The van der Waals surface area contributed by atoms with Crippen molar-refractivity contribution in [3.05, 3.63) is 53.1 Å². The van der Waals surface area contributed by atoms with Crippen LogP contribution in [-0.2, 0) is 21.9 Å². The number of hydrogen-bond acceptors (Lipinski definition) is 8. The minimum atomic E-state index is -0.309. The molecule has 200 valence electrons. The van der Waals surface area contributed by atoms with Gasteiger partial charge in [0.05, 0.1) is 12.3 Å². The summed E-state index contributed by atoms with van der Waals surface area (Å²) in [6, 6.07) is 8.18. The third kappa shape index (κ3) is 11.7. The molecule has 10 nitrogen and oxygen atoms in total. The first-order chi connectivity index (χ1) is 18.0. The molecule has 0 spiro atoms. The Kier molecular flexibility index (Phi) is 12.2. The average Bonchev–Trinajstić information content (AvgIpc) is 3.54. The zero-order valence-electron chi connectivity index (χ0n) is 20.9. The number of carbonyl (C=O) groups excluding carboxylic acids is 2. The molecule has 1 fully saturated rings. The van der Waals surface area contributed by atoms with Crippen LogP contribution in [0.3, 0.4) is 0 Å². The number of aliphatic imine (C=N–C) groups is 1. The molecule has 1 aliphatic heterocycles. The third-order valence-electron chi connectivity index (χ3n) is 5.34. The van der Waals surface area contributed by atoms with Crippen LogP contribution in [0.4, 0.5) is 5.13 Å². The standard InChI is InChI=1S/C25H35N7O3S2/c26-24(27)31-25-30-20(18-37-25)17-36-14-10-29-23(34)8-7-22(33)28-9-4-13-35-21-6-3-5-19(15-21)16-32-11-1-2-12-32/h3,5-8,15,18H,1-2,4,9-14,16-17H2,(H,28,33)(H,29,34)(H4,26,27,30,31)/b8-7+. The molecule has 12 heteroatoms. The van der Waals surface area contributed by atoms with Crippen LogP contribution in [0.1, 0.15) is 30.5 Å². The van der Waals surface area contributed by atoms with Crippen molar-refractivity contribution < 1.29 is 14.3 Å². The summed E-state index contributed by atoms with van der Waals surface area (Å²) in [5, 5.41) is 7.94. The van der Waals surface area contributed by atoms with Gasteiger partial charge >= 0.3 is 0 Å². The van der Waals surface area contributed by atoms with Crippen LogP contribution >= 0.6 is 23.1 Å². The van der Waals surface area contributed by atoms with Gasteiger partial charge in [0, 0.05) is 48.7 Å². The SMILES string of the molecule is NC(N)=Nc1nc(CSCCNC(=O)/C=C/C(=O)NCCCOc2cccc(CN3CCCC3)c2)cs1. The Hall–Kier alpha value is -3.09. The number of rotatable bonds is 15. The van der Waals surface area contributed by atoms with E-state index in [9.17, 15) is 9.59 Å². The minimum Gasteiger partial charge on any atom is -0.494 e. The highest BCUT2D eigenvalue weighted by Gasteiger charge is 2.12.